The predicted octanol–water partition coefficient (Wildman–Crippen LogP) is 0.497. The van der Waals surface area contributed by atoms with Crippen molar-refractivity contribution in [1.82, 2.24) is 9.97 Å². The number of fused-ring (bicyclic) bond motifs is 1. The minimum Gasteiger partial charge on any atom is -0.398 e. The lowest BCUT2D eigenvalue weighted by atomic mass is 9.98. The van der Waals surface area contributed by atoms with Gasteiger partial charge in [0, 0.05) is 18.8 Å². The van der Waals surface area contributed by atoms with Gasteiger partial charge in [-0.2, -0.15) is 0 Å². The molecule has 2 aromatic rings. The SMILES string of the molecule is Nc1cccc2c1CN(c1nc[nH]c(=O)c1N)CC2. The molecular formula is C13H15N5O. The molecule has 2 heterocycles. The number of anilines is 3. The molecule has 0 saturated carbocycles. The van der Waals surface area contributed by atoms with Crippen LogP contribution in [0.2, 0.25) is 0 Å². The number of nitrogen functional groups attached to an aromatic ring is 2. The van der Waals surface area contributed by atoms with Crippen LogP contribution in [0.15, 0.2) is 29.3 Å². The van der Waals surface area contributed by atoms with Crippen molar-refractivity contribution in [1.29, 1.82) is 0 Å². The second-order valence-electron chi connectivity index (χ2n) is 4.63. The zero-order valence-corrected chi connectivity index (χ0v) is 10.4. The number of aromatic amines is 1. The lowest BCUT2D eigenvalue weighted by Gasteiger charge is -2.30. The number of rotatable bonds is 1. The van der Waals surface area contributed by atoms with Gasteiger partial charge in [-0.05, 0) is 23.6 Å². The molecule has 1 aromatic carbocycles. The second-order valence-corrected chi connectivity index (χ2v) is 4.63. The van der Waals surface area contributed by atoms with Crippen LogP contribution < -0.4 is 21.9 Å². The molecule has 3 rings (SSSR count). The zero-order chi connectivity index (χ0) is 13.4. The van der Waals surface area contributed by atoms with Gasteiger partial charge < -0.3 is 21.4 Å². The fourth-order valence-electron chi connectivity index (χ4n) is 2.44. The van der Waals surface area contributed by atoms with Gasteiger partial charge >= 0.3 is 0 Å². The van der Waals surface area contributed by atoms with Gasteiger partial charge in [-0.3, -0.25) is 4.79 Å². The molecule has 1 aromatic heterocycles. The molecule has 98 valence electrons. The number of aromatic nitrogens is 2. The molecule has 5 N–H and O–H groups in total. The van der Waals surface area contributed by atoms with Crippen molar-refractivity contribution >= 4 is 17.2 Å². The van der Waals surface area contributed by atoms with Crippen molar-refractivity contribution in [3.63, 3.8) is 0 Å². The number of nitrogens with zero attached hydrogens (tertiary/aromatic N) is 2. The molecule has 0 aliphatic carbocycles. The quantitative estimate of drug-likeness (QED) is 0.646. The Bertz CT molecular complexity index is 679. The summed E-state index contributed by atoms with van der Waals surface area (Å²) in [6, 6.07) is 5.93. The molecule has 0 atom stereocenters. The molecule has 0 spiro atoms. The molecule has 0 saturated heterocycles. The normalized spacial score (nSPS) is 14.2. The van der Waals surface area contributed by atoms with Crippen LogP contribution in [-0.4, -0.2) is 16.5 Å². The van der Waals surface area contributed by atoms with E-state index in [1.54, 1.807) is 0 Å². The van der Waals surface area contributed by atoms with E-state index in [1.807, 2.05) is 17.0 Å². The Labute approximate surface area is 110 Å². The first-order valence-corrected chi connectivity index (χ1v) is 6.11. The molecule has 1 aliphatic rings. The maximum absolute atomic E-state index is 11.5. The number of nitrogens with one attached hydrogen (secondary N) is 1. The van der Waals surface area contributed by atoms with Crippen molar-refractivity contribution in [2.75, 3.05) is 22.9 Å². The summed E-state index contributed by atoms with van der Waals surface area (Å²) >= 11 is 0. The molecule has 0 amide bonds. The van der Waals surface area contributed by atoms with Crippen LogP contribution in [-0.2, 0) is 13.0 Å². The van der Waals surface area contributed by atoms with Crippen LogP contribution in [0.1, 0.15) is 11.1 Å². The van der Waals surface area contributed by atoms with E-state index in [4.69, 9.17) is 11.5 Å². The van der Waals surface area contributed by atoms with Gasteiger partial charge in [0.15, 0.2) is 5.82 Å². The Kier molecular flexibility index (Phi) is 2.63. The number of nitrogens with two attached hydrogens (primary N) is 2. The Morgan fingerprint density at radius 3 is 3.00 bits per heavy atom. The molecule has 19 heavy (non-hydrogen) atoms. The summed E-state index contributed by atoms with van der Waals surface area (Å²) in [7, 11) is 0. The van der Waals surface area contributed by atoms with Crippen molar-refractivity contribution in [3.8, 4) is 0 Å². The first-order chi connectivity index (χ1) is 9.16. The molecule has 0 bridgehead atoms. The summed E-state index contributed by atoms with van der Waals surface area (Å²) in [6.45, 7) is 1.40. The van der Waals surface area contributed by atoms with Crippen LogP contribution >= 0.6 is 0 Å². The summed E-state index contributed by atoms with van der Waals surface area (Å²) in [5, 5.41) is 0. The molecule has 6 nitrogen and oxygen atoms in total. The van der Waals surface area contributed by atoms with Crippen LogP contribution in [0, 0.1) is 0 Å². The first-order valence-electron chi connectivity index (χ1n) is 6.11. The number of benzene rings is 1. The fraction of sp³-hybridized carbons (Fsp3) is 0.231. The summed E-state index contributed by atoms with van der Waals surface area (Å²) in [5.41, 5.74) is 14.8. The van der Waals surface area contributed by atoms with Crippen LogP contribution in [0.3, 0.4) is 0 Å². The highest BCUT2D eigenvalue weighted by atomic mass is 16.1. The van der Waals surface area contributed by atoms with Crippen molar-refractivity contribution in [3.05, 3.63) is 46.0 Å². The third kappa shape index (κ3) is 1.91. The van der Waals surface area contributed by atoms with E-state index in [-0.39, 0.29) is 11.2 Å². The zero-order valence-electron chi connectivity index (χ0n) is 10.4. The van der Waals surface area contributed by atoms with E-state index in [1.165, 1.54) is 11.9 Å². The second kappa shape index (κ2) is 4.31. The third-order valence-electron chi connectivity index (χ3n) is 3.48. The minimum atomic E-state index is -0.308. The maximum Gasteiger partial charge on any atom is 0.276 e. The third-order valence-corrected chi connectivity index (χ3v) is 3.48. The molecule has 0 radical (unpaired) electrons. The summed E-state index contributed by atoms with van der Waals surface area (Å²) in [5.74, 6) is 0.526. The average Bonchev–Trinajstić information content (AvgIpc) is 2.42. The van der Waals surface area contributed by atoms with E-state index in [9.17, 15) is 4.79 Å². The number of hydrogen-bond donors (Lipinski definition) is 3. The summed E-state index contributed by atoms with van der Waals surface area (Å²) in [6.07, 6.45) is 2.24. The molecule has 1 aliphatic heterocycles. The van der Waals surface area contributed by atoms with E-state index >= 15 is 0 Å². The van der Waals surface area contributed by atoms with E-state index in [0.717, 1.165) is 24.2 Å². The Morgan fingerprint density at radius 1 is 1.32 bits per heavy atom. The minimum absolute atomic E-state index is 0.153. The molecule has 0 fully saturated rings. The van der Waals surface area contributed by atoms with Gasteiger partial charge in [-0.15, -0.1) is 0 Å². The largest absolute Gasteiger partial charge is 0.398 e. The molecule has 6 heteroatoms. The van der Waals surface area contributed by atoms with Crippen molar-refractivity contribution < 1.29 is 0 Å². The lowest BCUT2D eigenvalue weighted by molar-refractivity contribution is 0.721. The highest BCUT2D eigenvalue weighted by Gasteiger charge is 2.21. The highest BCUT2D eigenvalue weighted by Crippen LogP contribution is 2.28. The predicted molar refractivity (Wildman–Crippen MR) is 74.9 cm³/mol. The van der Waals surface area contributed by atoms with Crippen LogP contribution in [0.25, 0.3) is 0 Å². The van der Waals surface area contributed by atoms with E-state index < -0.39 is 0 Å². The Hall–Kier alpha value is -2.50. The summed E-state index contributed by atoms with van der Waals surface area (Å²) < 4.78 is 0. The Balaban J connectivity index is 2.00. The monoisotopic (exact) mass is 257 g/mol. The van der Waals surface area contributed by atoms with Gasteiger partial charge in [0.05, 0.1) is 6.33 Å². The van der Waals surface area contributed by atoms with Gasteiger partial charge in [0.1, 0.15) is 5.69 Å². The molecule has 0 unspecified atom stereocenters. The molecular weight excluding hydrogens is 242 g/mol. The first kappa shape index (κ1) is 11.6. The Morgan fingerprint density at radius 2 is 2.16 bits per heavy atom. The highest BCUT2D eigenvalue weighted by molar-refractivity contribution is 5.63. The van der Waals surface area contributed by atoms with Gasteiger partial charge in [-0.25, -0.2) is 4.98 Å². The fourth-order valence-corrected chi connectivity index (χ4v) is 2.44. The lowest BCUT2D eigenvalue weighted by Crippen LogP contribution is -2.33. The average molecular weight is 257 g/mol. The summed E-state index contributed by atoms with van der Waals surface area (Å²) in [4.78, 5) is 20.1. The standard InChI is InChI=1S/C13H15N5O/c14-10-3-1-2-8-4-5-18(6-9(8)10)12-11(15)13(19)17-7-16-12/h1-3,7H,4-6,14-15H2,(H,16,17,19). The van der Waals surface area contributed by atoms with Gasteiger partial charge in [0.2, 0.25) is 0 Å². The van der Waals surface area contributed by atoms with Crippen LogP contribution in [0.5, 0.6) is 0 Å². The van der Waals surface area contributed by atoms with Crippen molar-refractivity contribution in [2.45, 2.75) is 13.0 Å². The van der Waals surface area contributed by atoms with E-state index in [0.29, 0.717) is 12.4 Å². The number of hydrogen-bond acceptors (Lipinski definition) is 5. The van der Waals surface area contributed by atoms with Crippen molar-refractivity contribution in [2.24, 2.45) is 0 Å². The van der Waals surface area contributed by atoms with E-state index in [2.05, 4.69) is 16.0 Å². The maximum atomic E-state index is 11.5. The number of H-pyrrole nitrogens is 1. The van der Waals surface area contributed by atoms with Gasteiger partial charge in [-0.1, -0.05) is 12.1 Å². The smallest absolute Gasteiger partial charge is 0.276 e. The van der Waals surface area contributed by atoms with Gasteiger partial charge in [0.25, 0.3) is 5.56 Å². The topological polar surface area (TPSA) is 101 Å². The van der Waals surface area contributed by atoms with Crippen LogP contribution in [0.4, 0.5) is 17.2 Å².